The van der Waals surface area contributed by atoms with Crippen LogP contribution in [-0.2, 0) is 13.0 Å². The highest BCUT2D eigenvalue weighted by molar-refractivity contribution is 5.89. The Morgan fingerprint density at radius 1 is 1.50 bits per heavy atom. The molecule has 0 unspecified atom stereocenters. The number of pyridine rings is 1. The monoisotopic (exact) mass is 214 g/mol. The maximum Gasteiger partial charge on any atom is 0.152 e. The molecule has 3 rings (SSSR count). The Labute approximate surface area is 94.5 Å². The molecule has 0 bridgehead atoms. The summed E-state index contributed by atoms with van der Waals surface area (Å²) in [7, 11) is 0. The van der Waals surface area contributed by atoms with Crippen LogP contribution in [-0.4, -0.2) is 11.7 Å². The fourth-order valence-electron chi connectivity index (χ4n) is 2.24. The Balaban J connectivity index is 2.36. The van der Waals surface area contributed by atoms with Gasteiger partial charge in [0, 0.05) is 23.7 Å². The first kappa shape index (κ1) is 9.60. The maximum atomic E-state index is 5.66. The van der Waals surface area contributed by atoms with Crippen molar-refractivity contribution in [1.82, 2.24) is 10.3 Å². The normalized spacial score (nSPS) is 14.6. The van der Waals surface area contributed by atoms with Gasteiger partial charge in [0.1, 0.15) is 12.2 Å². The molecule has 0 amide bonds. The summed E-state index contributed by atoms with van der Waals surface area (Å²) in [6.45, 7) is 3.62. The van der Waals surface area contributed by atoms with Crippen LogP contribution in [0.4, 0.5) is 0 Å². The smallest absolute Gasteiger partial charge is 0.152 e. The molecule has 16 heavy (non-hydrogen) atoms. The molecule has 3 nitrogen and oxygen atoms in total. The Hall–Kier alpha value is -1.61. The minimum Gasteiger partial charge on any atom is -0.476 e. The predicted octanol–water partition coefficient (Wildman–Crippen LogP) is 2.24. The highest BCUT2D eigenvalue weighted by atomic mass is 16.5. The minimum absolute atomic E-state index is 0.574. The van der Waals surface area contributed by atoms with Gasteiger partial charge in [0.2, 0.25) is 0 Å². The maximum absolute atomic E-state index is 5.66. The number of rotatable bonds is 1. The van der Waals surface area contributed by atoms with Crippen LogP contribution in [0.3, 0.4) is 0 Å². The second-order valence-electron chi connectivity index (χ2n) is 3.99. The van der Waals surface area contributed by atoms with Crippen LogP contribution in [0.2, 0.25) is 0 Å². The summed E-state index contributed by atoms with van der Waals surface area (Å²) in [5.41, 5.74) is 3.56. The lowest BCUT2D eigenvalue weighted by atomic mass is 10.0. The van der Waals surface area contributed by atoms with E-state index in [4.69, 9.17) is 4.74 Å². The van der Waals surface area contributed by atoms with Crippen molar-refractivity contribution in [3.8, 4) is 5.75 Å². The standard InChI is InChI=1S/C13H14N2O/c1-2-9-6-10-7-14-8-16-13(10)12-11(9)4-3-5-15-12/h3-6,14H,2,7-8H2,1H3. The lowest BCUT2D eigenvalue weighted by Gasteiger charge is -2.21. The predicted molar refractivity (Wildman–Crippen MR) is 63.5 cm³/mol. The van der Waals surface area contributed by atoms with E-state index in [-0.39, 0.29) is 0 Å². The van der Waals surface area contributed by atoms with Crippen molar-refractivity contribution in [2.45, 2.75) is 19.9 Å². The van der Waals surface area contributed by atoms with E-state index >= 15 is 0 Å². The molecule has 0 aliphatic carbocycles. The van der Waals surface area contributed by atoms with Gasteiger partial charge >= 0.3 is 0 Å². The fraction of sp³-hybridized carbons (Fsp3) is 0.308. The topological polar surface area (TPSA) is 34.1 Å². The van der Waals surface area contributed by atoms with Crippen molar-refractivity contribution >= 4 is 10.9 Å². The Bertz CT molecular complexity index is 537. The molecule has 3 heteroatoms. The van der Waals surface area contributed by atoms with E-state index in [1.165, 1.54) is 16.5 Å². The molecule has 1 aliphatic heterocycles. The van der Waals surface area contributed by atoms with Crippen LogP contribution < -0.4 is 10.1 Å². The summed E-state index contributed by atoms with van der Waals surface area (Å²) in [4.78, 5) is 4.45. The first-order valence-electron chi connectivity index (χ1n) is 5.63. The molecule has 0 radical (unpaired) electrons. The van der Waals surface area contributed by atoms with Gasteiger partial charge in [-0.25, -0.2) is 0 Å². The van der Waals surface area contributed by atoms with Crippen LogP contribution in [0, 0.1) is 0 Å². The summed E-state index contributed by atoms with van der Waals surface area (Å²) in [6, 6.07) is 6.33. The zero-order valence-corrected chi connectivity index (χ0v) is 9.29. The minimum atomic E-state index is 0.574. The van der Waals surface area contributed by atoms with E-state index < -0.39 is 0 Å². The fourth-order valence-corrected chi connectivity index (χ4v) is 2.24. The first-order valence-corrected chi connectivity index (χ1v) is 5.63. The average molecular weight is 214 g/mol. The molecular weight excluding hydrogens is 200 g/mol. The molecule has 0 saturated carbocycles. The molecule has 82 valence electrons. The number of aromatic nitrogens is 1. The van der Waals surface area contributed by atoms with E-state index in [1.54, 1.807) is 0 Å². The van der Waals surface area contributed by atoms with Crippen molar-refractivity contribution in [2.75, 3.05) is 6.73 Å². The molecule has 0 atom stereocenters. The third kappa shape index (κ3) is 1.36. The lowest BCUT2D eigenvalue weighted by Crippen LogP contribution is -2.25. The number of hydrogen-bond donors (Lipinski definition) is 1. The molecule has 2 heterocycles. The van der Waals surface area contributed by atoms with Gasteiger partial charge in [0.15, 0.2) is 5.75 Å². The van der Waals surface area contributed by atoms with Gasteiger partial charge in [-0.1, -0.05) is 19.1 Å². The van der Waals surface area contributed by atoms with Gasteiger partial charge in [-0.05, 0) is 18.1 Å². The Kier molecular flexibility index (Phi) is 2.26. The number of fused-ring (bicyclic) bond motifs is 3. The van der Waals surface area contributed by atoms with Crippen molar-refractivity contribution < 1.29 is 4.74 Å². The quantitative estimate of drug-likeness (QED) is 0.790. The van der Waals surface area contributed by atoms with Gasteiger partial charge in [-0.15, -0.1) is 0 Å². The largest absolute Gasteiger partial charge is 0.476 e. The molecule has 2 aromatic rings. The van der Waals surface area contributed by atoms with Crippen LogP contribution >= 0.6 is 0 Å². The van der Waals surface area contributed by atoms with Crippen LogP contribution in [0.15, 0.2) is 24.4 Å². The van der Waals surface area contributed by atoms with Gasteiger partial charge in [0.05, 0.1) is 0 Å². The van der Waals surface area contributed by atoms with Crippen LogP contribution in [0.25, 0.3) is 10.9 Å². The summed E-state index contributed by atoms with van der Waals surface area (Å²) in [6.07, 6.45) is 2.85. The SMILES string of the molecule is CCc1cc2c(c3ncccc13)OCNC2. The highest BCUT2D eigenvalue weighted by Gasteiger charge is 2.16. The number of ether oxygens (including phenoxy) is 1. The van der Waals surface area contributed by atoms with Crippen molar-refractivity contribution in [3.05, 3.63) is 35.5 Å². The molecule has 1 aromatic heterocycles. The highest BCUT2D eigenvalue weighted by Crippen LogP contribution is 2.32. The van der Waals surface area contributed by atoms with Gasteiger partial charge in [0.25, 0.3) is 0 Å². The van der Waals surface area contributed by atoms with E-state index in [0.29, 0.717) is 6.73 Å². The summed E-state index contributed by atoms with van der Waals surface area (Å²) >= 11 is 0. The zero-order chi connectivity index (χ0) is 11.0. The molecule has 0 saturated heterocycles. The molecule has 1 aromatic carbocycles. The molecule has 1 aliphatic rings. The van der Waals surface area contributed by atoms with Crippen molar-refractivity contribution in [2.24, 2.45) is 0 Å². The first-order chi connectivity index (χ1) is 7.90. The number of nitrogens with zero attached hydrogens (tertiary/aromatic N) is 1. The third-order valence-electron chi connectivity index (χ3n) is 3.02. The number of nitrogens with one attached hydrogen (secondary N) is 1. The molecule has 0 spiro atoms. The third-order valence-corrected chi connectivity index (χ3v) is 3.02. The summed E-state index contributed by atoms with van der Waals surface area (Å²) < 4.78 is 5.66. The Morgan fingerprint density at radius 2 is 2.44 bits per heavy atom. The van der Waals surface area contributed by atoms with Gasteiger partial charge < -0.3 is 4.74 Å². The summed E-state index contributed by atoms with van der Waals surface area (Å²) in [5, 5.41) is 4.42. The second-order valence-corrected chi connectivity index (χ2v) is 3.99. The second kappa shape index (κ2) is 3.76. The Morgan fingerprint density at radius 3 is 3.31 bits per heavy atom. The molecular formula is C13H14N2O. The van der Waals surface area contributed by atoms with E-state index in [2.05, 4.69) is 29.4 Å². The number of aryl methyl sites for hydroxylation is 1. The molecule has 1 N–H and O–H groups in total. The summed E-state index contributed by atoms with van der Waals surface area (Å²) in [5.74, 6) is 0.951. The van der Waals surface area contributed by atoms with E-state index in [0.717, 1.165) is 24.2 Å². The van der Waals surface area contributed by atoms with E-state index in [1.807, 2.05) is 12.3 Å². The molecule has 0 fully saturated rings. The average Bonchev–Trinajstić information content (AvgIpc) is 2.38. The lowest BCUT2D eigenvalue weighted by molar-refractivity contribution is 0.260. The van der Waals surface area contributed by atoms with Crippen LogP contribution in [0.5, 0.6) is 5.75 Å². The van der Waals surface area contributed by atoms with Crippen molar-refractivity contribution in [3.63, 3.8) is 0 Å². The van der Waals surface area contributed by atoms with Crippen LogP contribution in [0.1, 0.15) is 18.1 Å². The zero-order valence-electron chi connectivity index (χ0n) is 9.29. The van der Waals surface area contributed by atoms with E-state index in [9.17, 15) is 0 Å². The number of hydrogen-bond acceptors (Lipinski definition) is 3. The number of benzene rings is 1. The van der Waals surface area contributed by atoms with Crippen molar-refractivity contribution in [1.29, 1.82) is 0 Å². The van der Waals surface area contributed by atoms with Gasteiger partial charge in [-0.2, -0.15) is 0 Å². The van der Waals surface area contributed by atoms with Gasteiger partial charge in [-0.3, -0.25) is 10.3 Å².